The molecule has 1 amide bonds. The quantitative estimate of drug-likeness (QED) is 0.846. The van der Waals surface area contributed by atoms with E-state index in [1.807, 2.05) is 31.9 Å². The molecule has 1 aliphatic carbocycles. The normalized spacial score (nSPS) is 19.4. The molecular weight excluding hydrogens is 268 g/mol. The van der Waals surface area contributed by atoms with E-state index in [0.717, 1.165) is 19.3 Å². The Balaban J connectivity index is 1.95. The Bertz CT molecular complexity index is 486. The molecule has 0 radical (unpaired) electrons. The van der Waals surface area contributed by atoms with Crippen molar-refractivity contribution in [2.24, 2.45) is 7.05 Å². The van der Waals surface area contributed by atoms with Crippen LogP contribution in [0.1, 0.15) is 37.1 Å². The summed E-state index contributed by atoms with van der Waals surface area (Å²) >= 11 is 0. The van der Waals surface area contributed by atoms with Crippen molar-refractivity contribution in [2.45, 2.75) is 38.3 Å². The van der Waals surface area contributed by atoms with Gasteiger partial charge in [-0.05, 0) is 33.2 Å². The maximum atomic E-state index is 12.1. The van der Waals surface area contributed by atoms with E-state index < -0.39 is 0 Å². The van der Waals surface area contributed by atoms with Gasteiger partial charge in [-0.3, -0.25) is 14.4 Å². The molecule has 0 aromatic carbocycles. The minimum Gasteiger partial charge on any atom is -0.383 e. The third-order valence-corrected chi connectivity index (χ3v) is 4.09. The molecule has 1 heterocycles. The number of carbonyl (C=O) groups excluding carboxylic acids is 1. The largest absolute Gasteiger partial charge is 0.383 e. The van der Waals surface area contributed by atoms with E-state index in [0.29, 0.717) is 13.2 Å². The number of nitrogens with one attached hydrogen (secondary N) is 1. The molecule has 2 atom stereocenters. The summed E-state index contributed by atoms with van der Waals surface area (Å²) in [6.45, 7) is 2.87. The molecule has 0 fully saturated rings. The number of aromatic nitrogens is 2. The average molecular weight is 294 g/mol. The number of aryl methyl sites for hydroxylation is 1. The van der Waals surface area contributed by atoms with E-state index in [-0.39, 0.29) is 18.0 Å². The maximum absolute atomic E-state index is 12.1. The summed E-state index contributed by atoms with van der Waals surface area (Å²) in [4.78, 5) is 14.2. The second-order valence-corrected chi connectivity index (χ2v) is 5.92. The second kappa shape index (κ2) is 7.04. The van der Waals surface area contributed by atoms with Crippen LogP contribution in [0.3, 0.4) is 0 Å². The number of carbonyl (C=O) groups is 1. The molecule has 2 rings (SSSR count). The predicted molar refractivity (Wildman–Crippen MR) is 81.0 cm³/mol. The maximum Gasteiger partial charge on any atom is 0.234 e. The van der Waals surface area contributed by atoms with Crippen LogP contribution in [0.5, 0.6) is 0 Å². The van der Waals surface area contributed by atoms with E-state index in [1.54, 1.807) is 7.11 Å². The summed E-state index contributed by atoms with van der Waals surface area (Å²) < 4.78 is 6.99. The van der Waals surface area contributed by atoms with E-state index >= 15 is 0 Å². The van der Waals surface area contributed by atoms with Crippen LogP contribution in [0, 0.1) is 0 Å². The van der Waals surface area contributed by atoms with Crippen molar-refractivity contribution in [1.82, 2.24) is 20.0 Å². The summed E-state index contributed by atoms with van der Waals surface area (Å²) in [5.41, 5.74) is 2.57. The number of ether oxygens (including phenoxy) is 1. The van der Waals surface area contributed by atoms with Crippen LogP contribution < -0.4 is 5.32 Å². The van der Waals surface area contributed by atoms with Crippen molar-refractivity contribution >= 4 is 5.91 Å². The molecule has 118 valence electrons. The van der Waals surface area contributed by atoms with Crippen LogP contribution >= 0.6 is 0 Å². The van der Waals surface area contributed by atoms with Gasteiger partial charge >= 0.3 is 0 Å². The lowest BCUT2D eigenvalue weighted by Gasteiger charge is -2.31. The number of nitrogens with zero attached hydrogens (tertiary/aromatic N) is 3. The van der Waals surface area contributed by atoms with Gasteiger partial charge in [0.25, 0.3) is 0 Å². The molecule has 1 N–H and O–H groups in total. The fraction of sp³-hybridized carbons (Fsp3) is 0.733. The van der Waals surface area contributed by atoms with Crippen LogP contribution in [-0.2, 0) is 23.0 Å². The molecule has 6 nitrogen and oxygen atoms in total. The minimum atomic E-state index is 0.0382. The first-order valence-corrected chi connectivity index (χ1v) is 7.52. The van der Waals surface area contributed by atoms with Crippen molar-refractivity contribution in [3.05, 3.63) is 17.5 Å². The van der Waals surface area contributed by atoms with Gasteiger partial charge in [-0.15, -0.1) is 0 Å². The number of methoxy groups -OCH3 is 1. The molecule has 1 aromatic heterocycles. The zero-order valence-electron chi connectivity index (χ0n) is 13.4. The molecule has 0 saturated carbocycles. The molecule has 0 saturated heterocycles. The zero-order chi connectivity index (χ0) is 15.4. The number of amides is 1. The van der Waals surface area contributed by atoms with Gasteiger partial charge in [0, 0.05) is 37.5 Å². The average Bonchev–Trinajstić information content (AvgIpc) is 2.80. The van der Waals surface area contributed by atoms with Crippen molar-refractivity contribution in [3.8, 4) is 0 Å². The molecule has 6 heteroatoms. The first kappa shape index (κ1) is 16.0. The molecule has 1 aromatic rings. The van der Waals surface area contributed by atoms with E-state index in [4.69, 9.17) is 4.74 Å². The summed E-state index contributed by atoms with van der Waals surface area (Å²) in [7, 11) is 5.63. The Morgan fingerprint density at radius 3 is 3.14 bits per heavy atom. The number of hydrogen-bond donors (Lipinski definition) is 1. The Morgan fingerprint density at radius 2 is 2.43 bits per heavy atom. The van der Waals surface area contributed by atoms with Crippen molar-refractivity contribution in [1.29, 1.82) is 0 Å². The predicted octanol–water partition coefficient (Wildman–Crippen LogP) is 0.880. The molecule has 1 aliphatic rings. The van der Waals surface area contributed by atoms with Crippen molar-refractivity contribution in [2.75, 3.05) is 27.3 Å². The van der Waals surface area contributed by atoms with Gasteiger partial charge in [0.15, 0.2) is 0 Å². The van der Waals surface area contributed by atoms with Gasteiger partial charge in [0.2, 0.25) is 5.91 Å². The summed E-state index contributed by atoms with van der Waals surface area (Å²) in [5, 5.41) is 7.31. The van der Waals surface area contributed by atoms with Crippen molar-refractivity contribution in [3.63, 3.8) is 0 Å². The lowest BCUT2D eigenvalue weighted by Crippen LogP contribution is -2.42. The lowest BCUT2D eigenvalue weighted by molar-refractivity contribution is -0.123. The Kier molecular flexibility index (Phi) is 5.36. The van der Waals surface area contributed by atoms with Crippen LogP contribution in [0.2, 0.25) is 0 Å². The highest BCUT2D eigenvalue weighted by molar-refractivity contribution is 5.78. The summed E-state index contributed by atoms with van der Waals surface area (Å²) in [6, 6.07) is 0.321. The Labute approximate surface area is 126 Å². The third kappa shape index (κ3) is 3.83. The van der Waals surface area contributed by atoms with E-state index in [9.17, 15) is 4.79 Å². The van der Waals surface area contributed by atoms with Crippen LogP contribution in [0.4, 0.5) is 0 Å². The highest BCUT2D eigenvalue weighted by atomic mass is 16.5. The fourth-order valence-electron chi connectivity index (χ4n) is 3.09. The number of hydrogen-bond acceptors (Lipinski definition) is 4. The minimum absolute atomic E-state index is 0.0382. The molecule has 0 aliphatic heterocycles. The topological polar surface area (TPSA) is 59.4 Å². The number of fused-ring (bicyclic) bond motifs is 1. The Hall–Kier alpha value is -1.40. The Morgan fingerprint density at radius 1 is 1.67 bits per heavy atom. The van der Waals surface area contributed by atoms with Gasteiger partial charge in [-0.2, -0.15) is 5.10 Å². The van der Waals surface area contributed by atoms with Gasteiger partial charge in [0.05, 0.1) is 19.3 Å². The molecular formula is C15H26N4O2. The third-order valence-electron chi connectivity index (χ3n) is 4.09. The highest BCUT2D eigenvalue weighted by Crippen LogP contribution is 2.32. The van der Waals surface area contributed by atoms with E-state index in [2.05, 4.69) is 15.3 Å². The van der Waals surface area contributed by atoms with E-state index in [1.165, 1.54) is 11.3 Å². The van der Waals surface area contributed by atoms with Crippen LogP contribution in [0.15, 0.2) is 6.20 Å². The molecule has 21 heavy (non-hydrogen) atoms. The molecule has 0 spiro atoms. The van der Waals surface area contributed by atoms with Gasteiger partial charge < -0.3 is 10.1 Å². The highest BCUT2D eigenvalue weighted by Gasteiger charge is 2.27. The van der Waals surface area contributed by atoms with Gasteiger partial charge in [-0.1, -0.05) is 0 Å². The van der Waals surface area contributed by atoms with Gasteiger partial charge in [-0.25, -0.2) is 0 Å². The molecule has 0 bridgehead atoms. The SMILES string of the molecule is COC[C@@H](C)NC(=O)CN(C)[C@@H]1CCCc2c1cnn2C. The smallest absolute Gasteiger partial charge is 0.234 e. The van der Waals surface area contributed by atoms with Crippen LogP contribution in [0.25, 0.3) is 0 Å². The summed E-state index contributed by atoms with van der Waals surface area (Å²) in [6.07, 6.45) is 5.24. The van der Waals surface area contributed by atoms with Gasteiger partial charge in [0.1, 0.15) is 0 Å². The summed E-state index contributed by atoms with van der Waals surface area (Å²) in [5.74, 6) is 0.0399. The number of rotatable bonds is 6. The second-order valence-electron chi connectivity index (χ2n) is 5.92. The molecule has 0 unspecified atom stereocenters. The zero-order valence-corrected chi connectivity index (χ0v) is 13.4. The standard InChI is InChI=1S/C15H26N4O2/c1-11(10-21-4)17-15(20)9-18(2)13-6-5-7-14-12(13)8-16-19(14)3/h8,11,13H,5-7,9-10H2,1-4H3,(H,17,20)/t11-,13-/m1/s1. The number of likely N-dealkylation sites (N-methyl/N-ethyl adjacent to an activating group) is 1. The van der Waals surface area contributed by atoms with Crippen LogP contribution in [-0.4, -0.2) is 53.9 Å². The fourth-order valence-corrected chi connectivity index (χ4v) is 3.09. The monoisotopic (exact) mass is 294 g/mol. The first-order valence-electron chi connectivity index (χ1n) is 7.52. The lowest BCUT2D eigenvalue weighted by atomic mass is 9.92. The van der Waals surface area contributed by atoms with Crippen molar-refractivity contribution < 1.29 is 9.53 Å². The first-order chi connectivity index (χ1) is 10.0.